The number of carboxylic acid groups (broad SMARTS) is 1. The highest BCUT2D eigenvalue weighted by Crippen LogP contribution is 2.50. The fourth-order valence-electron chi connectivity index (χ4n) is 8.00. The van der Waals surface area contributed by atoms with Gasteiger partial charge in [0, 0.05) is 16.9 Å². The number of hydrogen-bond donors (Lipinski definition) is 3. The Balaban J connectivity index is 0.000000170. The molecule has 7 heteroatoms. The number of amides is 1. The molecule has 4 aliphatic rings. The van der Waals surface area contributed by atoms with Crippen molar-refractivity contribution >= 4 is 11.9 Å². The number of aliphatic carboxylic acids is 1. The first-order chi connectivity index (χ1) is 19.4. The monoisotopic (exact) mass is 542 g/mol. The van der Waals surface area contributed by atoms with E-state index in [9.17, 15) is 20.0 Å². The van der Waals surface area contributed by atoms with E-state index in [2.05, 4.69) is 35.7 Å². The van der Waals surface area contributed by atoms with E-state index in [0.29, 0.717) is 5.92 Å². The van der Waals surface area contributed by atoms with Crippen LogP contribution in [0.1, 0.15) is 75.3 Å². The van der Waals surface area contributed by atoms with Crippen molar-refractivity contribution in [3.05, 3.63) is 71.8 Å². The van der Waals surface area contributed by atoms with E-state index in [0.717, 1.165) is 69.8 Å². The topological polar surface area (TPSA) is 119 Å². The highest BCUT2D eigenvalue weighted by molar-refractivity contribution is 5.85. The summed E-state index contributed by atoms with van der Waals surface area (Å²) in [6.07, 6.45) is 10.2. The summed E-state index contributed by atoms with van der Waals surface area (Å²) in [6.45, 7) is 0. The lowest BCUT2D eigenvalue weighted by Gasteiger charge is -2.38. The number of likely N-dealkylation sites (N-methyl/N-ethyl adjacent to an activating group) is 1. The minimum absolute atomic E-state index is 0.00713. The number of hydrogen-bond acceptors (Lipinski definition) is 5. The molecule has 0 radical (unpaired) electrons. The molecule has 0 bridgehead atoms. The number of carbonyl (C=O) groups excluding carboxylic acids is 1. The molecule has 212 valence electrons. The van der Waals surface area contributed by atoms with E-state index in [4.69, 9.17) is 5.73 Å². The highest BCUT2D eigenvalue weighted by atomic mass is 16.4. The smallest absolute Gasteiger partial charge is 0.321 e. The highest BCUT2D eigenvalue weighted by Gasteiger charge is 2.57. The van der Waals surface area contributed by atoms with Crippen LogP contribution >= 0.6 is 0 Å². The van der Waals surface area contributed by atoms with Crippen LogP contribution in [0, 0.1) is 17.2 Å². The van der Waals surface area contributed by atoms with Gasteiger partial charge >= 0.3 is 5.97 Å². The third-order valence-electron chi connectivity index (χ3n) is 10.1. The molecule has 1 amide bonds. The lowest BCUT2D eigenvalue weighted by atomic mass is 9.72. The van der Waals surface area contributed by atoms with Gasteiger partial charge in [0.15, 0.2) is 0 Å². The second-order valence-corrected chi connectivity index (χ2v) is 12.2. The lowest BCUT2D eigenvalue weighted by Crippen LogP contribution is -2.56. The van der Waals surface area contributed by atoms with Crippen LogP contribution in [0.5, 0.6) is 0 Å². The predicted octanol–water partition coefficient (Wildman–Crippen LogP) is 4.51. The van der Waals surface area contributed by atoms with Crippen LogP contribution in [0.3, 0.4) is 0 Å². The number of nitrogens with two attached hydrogens (primary N) is 1. The van der Waals surface area contributed by atoms with E-state index in [1.54, 1.807) is 7.05 Å². The van der Waals surface area contributed by atoms with Gasteiger partial charge in [0.05, 0.1) is 12.1 Å². The maximum Gasteiger partial charge on any atom is 0.321 e. The number of nitrogens with one attached hydrogen (secondary N) is 1. The normalized spacial score (nSPS) is 27.0. The minimum atomic E-state index is -0.752. The average Bonchev–Trinajstić information content (AvgIpc) is 3.38. The van der Waals surface area contributed by atoms with E-state index in [-0.39, 0.29) is 28.8 Å². The van der Waals surface area contributed by atoms with Crippen LogP contribution in [0.4, 0.5) is 0 Å². The van der Waals surface area contributed by atoms with Gasteiger partial charge in [-0.05, 0) is 62.6 Å². The summed E-state index contributed by atoms with van der Waals surface area (Å²) >= 11 is 0. The van der Waals surface area contributed by atoms with Crippen molar-refractivity contribution in [2.75, 3.05) is 7.05 Å². The van der Waals surface area contributed by atoms with Crippen molar-refractivity contribution in [2.45, 2.75) is 99.2 Å². The first-order valence-corrected chi connectivity index (χ1v) is 14.9. The molecular weight excluding hydrogens is 500 g/mol. The molecule has 3 saturated carbocycles. The van der Waals surface area contributed by atoms with Gasteiger partial charge in [0.2, 0.25) is 5.91 Å². The number of carbonyl (C=O) groups is 2. The summed E-state index contributed by atoms with van der Waals surface area (Å²) in [5, 5.41) is 21.7. The summed E-state index contributed by atoms with van der Waals surface area (Å²) in [5.74, 6) is -0.224. The molecule has 2 aromatic rings. The van der Waals surface area contributed by atoms with Crippen LogP contribution in [-0.2, 0) is 20.4 Å². The zero-order valence-corrected chi connectivity index (χ0v) is 23.5. The zero-order valence-electron chi connectivity index (χ0n) is 23.5. The molecule has 1 heterocycles. The summed E-state index contributed by atoms with van der Waals surface area (Å²) in [5.41, 5.74) is 8.40. The third-order valence-corrected chi connectivity index (χ3v) is 10.1. The zero-order chi connectivity index (χ0) is 28.3. The molecule has 0 aromatic heterocycles. The maximum atomic E-state index is 13.2. The van der Waals surface area contributed by atoms with Gasteiger partial charge in [0.1, 0.15) is 12.1 Å². The van der Waals surface area contributed by atoms with Crippen molar-refractivity contribution in [2.24, 2.45) is 11.7 Å². The Morgan fingerprint density at radius 2 is 1.43 bits per heavy atom. The molecule has 4 N–H and O–H groups in total. The SMILES string of the molecule is CNC(C(=O)O)C1(c2ccccc2)CCCC1.N#CC1C[C@@H]2C[C@@H]2N1C(=O)[C@@H](N)C1(c2ccccc2)CCCC1. The Bertz CT molecular complexity index is 1220. The Hall–Kier alpha value is -3.21. The number of carboxylic acids is 1. The van der Waals surface area contributed by atoms with Crippen molar-refractivity contribution in [3.63, 3.8) is 0 Å². The van der Waals surface area contributed by atoms with Crippen LogP contribution < -0.4 is 11.1 Å². The van der Waals surface area contributed by atoms with Gasteiger partial charge in [-0.3, -0.25) is 9.59 Å². The van der Waals surface area contributed by atoms with E-state index in [1.807, 2.05) is 41.3 Å². The number of piperidine rings is 1. The first-order valence-electron chi connectivity index (χ1n) is 14.9. The largest absolute Gasteiger partial charge is 0.480 e. The van der Waals surface area contributed by atoms with Crippen molar-refractivity contribution < 1.29 is 14.7 Å². The summed E-state index contributed by atoms with van der Waals surface area (Å²) in [7, 11) is 1.74. The van der Waals surface area contributed by atoms with Crippen LogP contribution in [0.25, 0.3) is 0 Å². The number of nitrogens with zero attached hydrogens (tertiary/aromatic N) is 2. The molecule has 5 atom stereocenters. The van der Waals surface area contributed by atoms with Gasteiger partial charge in [-0.2, -0.15) is 5.26 Å². The maximum absolute atomic E-state index is 13.2. The van der Waals surface area contributed by atoms with Crippen molar-refractivity contribution in [3.8, 4) is 6.07 Å². The molecule has 7 nitrogen and oxygen atoms in total. The van der Waals surface area contributed by atoms with E-state index in [1.165, 1.54) is 5.56 Å². The summed E-state index contributed by atoms with van der Waals surface area (Å²) < 4.78 is 0. The van der Waals surface area contributed by atoms with E-state index >= 15 is 0 Å². The number of benzene rings is 2. The Kier molecular flexibility index (Phi) is 8.30. The predicted molar refractivity (Wildman–Crippen MR) is 154 cm³/mol. The van der Waals surface area contributed by atoms with Crippen molar-refractivity contribution in [1.82, 2.24) is 10.2 Å². The molecule has 6 rings (SSSR count). The van der Waals surface area contributed by atoms with Gasteiger partial charge in [-0.1, -0.05) is 86.3 Å². The fraction of sp³-hybridized carbons (Fsp3) is 0.545. The van der Waals surface area contributed by atoms with Crippen LogP contribution in [-0.4, -0.2) is 53.1 Å². The minimum Gasteiger partial charge on any atom is -0.480 e. The van der Waals surface area contributed by atoms with Crippen LogP contribution in [0.2, 0.25) is 0 Å². The number of fused-ring (bicyclic) bond motifs is 1. The molecule has 4 fully saturated rings. The molecule has 3 aliphatic carbocycles. The second kappa shape index (κ2) is 11.7. The average molecular weight is 543 g/mol. The summed E-state index contributed by atoms with van der Waals surface area (Å²) in [4.78, 5) is 26.4. The molecule has 40 heavy (non-hydrogen) atoms. The van der Waals surface area contributed by atoms with Gasteiger partial charge in [-0.25, -0.2) is 0 Å². The van der Waals surface area contributed by atoms with Crippen LogP contribution in [0.15, 0.2) is 60.7 Å². The second-order valence-electron chi connectivity index (χ2n) is 12.2. The number of nitriles is 1. The molecule has 0 spiro atoms. The standard InChI is InChI=1S/C19H23N3O.C14H19NO2/c20-12-15-10-13-11-16(13)22(15)18(23)17(21)19(8-4-5-9-19)14-6-2-1-3-7-14;1-15-12(13(16)17)14(9-5-6-10-14)11-7-3-2-4-8-11/h1-3,6-7,13,15-17H,4-5,8-11,21H2;2-4,7-8,12,15H,5-6,9-10H2,1H3,(H,16,17)/t13-,15?,16+,17-;/m1./s1. The Labute approximate surface area is 237 Å². The van der Waals surface area contributed by atoms with E-state index < -0.39 is 18.1 Å². The Morgan fingerprint density at radius 1 is 0.925 bits per heavy atom. The molecule has 2 aromatic carbocycles. The Morgan fingerprint density at radius 3 is 1.90 bits per heavy atom. The molecule has 1 saturated heterocycles. The first kappa shape index (κ1) is 28.3. The van der Waals surface area contributed by atoms with Gasteiger partial charge in [0.25, 0.3) is 0 Å². The third kappa shape index (κ3) is 5.04. The lowest BCUT2D eigenvalue weighted by molar-refractivity contribution is -0.141. The van der Waals surface area contributed by atoms with Crippen molar-refractivity contribution in [1.29, 1.82) is 5.26 Å². The number of rotatable bonds is 7. The quantitative estimate of drug-likeness (QED) is 0.474. The fourth-order valence-corrected chi connectivity index (χ4v) is 8.00. The summed E-state index contributed by atoms with van der Waals surface area (Å²) in [6, 6.07) is 21.6. The molecular formula is C33H42N4O3. The number of likely N-dealkylation sites (tertiary alicyclic amines) is 1. The molecule has 1 aliphatic heterocycles. The van der Waals surface area contributed by atoms with Gasteiger partial charge < -0.3 is 21.1 Å². The van der Waals surface area contributed by atoms with Gasteiger partial charge in [-0.15, -0.1) is 0 Å². The molecule has 2 unspecified atom stereocenters.